The fourth-order valence-electron chi connectivity index (χ4n) is 2.03. The summed E-state index contributed by atoms with van der Waals surface area (Å²) < 4.78 is 1.11. The number of hydrogen-bond donors (Lipinski definition) is 2. The number of nitrogens with two attached hydrogens (primary N) is 1. The quantitative estimate of drug-likeness (QED) is 0.759. The second kappa shape index (κ2) is 5.87. The van der Waals surface area contributed by atoms with E-state index in [9.17, 15) is 0 Å². The van der Waals surface area contributed by atoms with E-state index < -0.39 is 0 Å². The van der Waals surface area contributed by atoms with Gasteiger partial charge >= 0.3 is 0 Å². The van der Waals surface area contributed by atoms with Crippen molar-refractivity contribution in [2.45, 2.75) is 25.9 Å². The standard InChI is InChI=1S/C14H16N4S2/c1-9(15)5-11-6-12-13(20-11)14(18-8-17-12)16-7-10-3-2-4-19-10/h2-4,6,8-9H,5,7,15H2,1H3,(H,16,17,18)/t9-/m0/s1. The Morgan fingerprint density at radius 1 is 1.35 bits per heavy atom. The predicted molar refractivity (Wildman–Crippen MR) is 86.4 cm³/mol. The predicted octanol–water partition coefficient (Wildman–Crippen LogP) is 3.25. The number of hydrogen-bond acceptors (Lipinski definition) is 6. The Bertz CT molecular complexity index is 688. The van der Waals surface area contributed by atoms with E-state index in [2.05, 4.69) is 38.9 Å². The van der Waals surface area contributed by atoms with E-state index in [0.29, 0.717) is 0 Å². The van der Waals surface area contributed by atoms with Crippen LogP contribution < -0.4 is 11.1 Å². The van der Waals surface area contributed by atoms with Crippen molar-refractivity contribution in [2.75, 3.05) is 5.32 Å². The Balaban J connectivity index is 1.84. The maximum atomic E-state index is 5.86. The van der Waals surface area contributed by atoms with Crippen LogP contribution in [0.3, 0.4) is 0 Å². The van der Waals surface area contributed by atoms with Crippen molar-refractivity contribution in [3.8, 4) is 0 Å². The molecule has 0 radical (unpaired) electrons. The van der Waals surface area contributed by atoms with E-state index in [1.807, 2.05) is 6.92 Å². The molecule has 3 heterocycles. The van der Waals surface area contributed by atoms with Gasteiger partial charge in [0.15, 0.2) is 0 Å². The molecule has 0 spiro atoms. The largest absolute Gasteiger partial charge is 0.364 e. The van der Waals surface area contributed by atoms with Crippen molar-refractivity contribution in [1.29, 1.82) is 0 Å². The third-order valence-electron chi connectivity index (χ3n) is 2.90. The summed E-state index contributed by atoms with van der Waals surface area (Å²) >= 11 is 3.47. The normalized spacial score (nSPS) is 12.7. The molecule has 0 aromatic carbocycles. The van der Waals surface area contributed by atoms with E-state index in [1.165, 1.54) is 9.75 Å². The van der Waals surface area contributed by atoms with Crippen LogP contribution in [0.15, 0.2) is 29.9 Å². The van der Waals surface area contributed by atoms with Crippen LogP contribution in [-0.4, -0.2) is 16.0 Å². The number of nitrogens with zero attached hydrogens (tertiary/aromatic N) is 2. The lowest BCUT2D eigenvalue weighted by Crippen LogP contribution is -2.16. The average Bonchev–Trinajstić information content (AvgIpc) is 3.03. The first-order valence-electron chi connectivity index (χ1n) is 6.47. The molecule has 6 heteroatoms. The molecular formula is C14H16N4S2. The molecule has 0 aliphatic carbocycles. The Kier molecular flexibility index (Phi) is 3.95. The van der Waals surface area contributed by atoms with Crippen LogP contribution >= 0.6 is 22.7 Å². The highest BCUT2D eigenvalue weighted by atomic mass is 32.1. The summed E-state index contributed by atoms with van der Waals surface area (Å²) in [5.41, 5.74) is 6.86. The number of rotatable bonds is 5. The Morgan fingerprint density at radius 3 is 3.00 bits per heavy atom. The summed E-state index contributed by atoms with van der Waals surface area (Å²) in [6, 6.07) is 6.45. The molecule has 0 amide bonds. The highest BCUT2D eigenvalue weighted by Crippen LogP contribution is 2.30. The fraction of sp³-hybridized carbons (Fsp3) is 0.286. The van der Waals surface area contributed by atoms with Crippen molar-refractivity contribution in [3.63, 3.8) is 0 Å². The summed E-state index contributed by atoms with van der Waals surface area (Å²) in [7, 11) is 0. The van der Waals surface area contributed by atoms with Crippen LogP contribution in [0.2, 0.25) is 0 Å². The van der Waals surface area contributed by atoms with Crippen LogP contribution in [0.5, 0.6) is 0 Å². The van der Waals surface area contributed by atoms with E-state index in [1.54, 1.807) is 29.0 Å². The van der Waals surface area contributed by atoms with Gasteiger partial charge in [-0.1, -0.05) is 6.07 Å². The Hall–Kier alpha value is -1.50. The highest BCUT2D eigenvalue weighted by Gasteiger charge is 2.10. The first-order chi connectivity index (χ1) is 9.72. The topological polar surface area (TPSA) is 63.8 Å². The van der Waals surface area contributed by atoms with Crippen molar-refractivity contribution in [1.82, 2.24) is 9.97 Å². The zero-order valence-corrected chi connectivity index (χ0v) is 12.8. The van der Waals surface area contributed by atoms with Crippen LogP contribution in [0.4, 0.5) is 5.82 Å². The van der Waals surface area contributed by atoms with Gasteiger partial charge in [-0.05, 0) is 30.9 Å². The van der Waals surface area contributed by atoms with Crippen LogP contribution in [0.1, 0.15) is 16.7 Å². The molecule has 0 unspecified atom stereocenters. The smallest absolute Gasteiger partial charge is 0.147 e. The van der Waals surface area contributed by atoms with Crippen molar-refractivity contribution in [2.24, 2.45) is 5.73 Å². The summed E-state index contributed by atoms with van der Waals surface area (Å²) in [6.45, 7) is 2.82. The van der Waals surface area contributed by atoms with Gasteiger partial charge in [0.05, 0.1) is 16.8 Å². The second-order valence-corrected chi connectivity index (χ2v) is 6.93. The summed E-state index contributed by atoms with van der Waals surface area (Å²) in [5, 5.41) is 5.48. The van der Waals surface area contributed by atoms with E-state index in [4.69, 9.17) is 5.73 Å². The van der Waals surface area contributed by atoms with Crippen molar-refractivity contribution in [3.05, 3.63) is 39.7 Å². The number of thiophene rings is 2. The van der Waals surface area contributed by atoms with E-state index in [0.717, 1.165) is 29.0 Å². The van der Waals surface area contributed by atoms with Gasteiger partial charge in [0, 0.05) is 15.8 Å². The molecule has 3 rings (SSSR count). The fourth-order valence-corrected chi connectivity index (χ4v) is 3.89. The highest BCUT2D eigenvalue weighted by molar-refractivity contribution is 7.19. The maximum Gasteiger partial charge on any atom is 0.147 e. The summed E-state index contributed by atoms with van der Waals surface area (Å²) in [5.74, 6) is 0.907. The van der Waals surface area contributed by atoms with Crippen LogP contribution in [0.25, 0.3) is 10.2 Å². The lowest BCUT2D eigenvalue weighted by Gasteiger charge is -2.04. The zero-order valence-electron chi connectivity index (χ0n) is 11.2. The second-order valence-electron chi connectivity index (χ2n) is 4.76. The number of nitrogens with one attached hydrogen (secondary N) is 1. The summed E-state index contributed by atoms with van der Waals surface area (Å²) in [4.78, 5) is 11.3. The molecule has 104 valence electrons. The van der Waals surface area contributed by atoms with Gasteiger partial charge in [-0.2, -0.15) is 0 Å². The molecule has 0 fully saturated rings. The van der Waals surface area contributed by atoms with Crippen molar-refractivity contribution < 1.29 is 0 Å². The van der Waals surface area contributed by atoms with Gasteiger partial charge in [0.2, 0.25) is 0 Å². The molecule has 0 aliphatic rings. The molecular weight excluding hydrogens is 288 g/mol. The zero-order chi connectivity index (χ0) is 13.9. The summed E-state index contributed by atoms with van der Waals surface area (Å²) in [6.07, 6.45) is 2.49. The monoisotopic (exact) mass is 304 g/mol. The van der Waals surface area contributed by atoms with Gasteiger partial charge in [-0.15, -0.1) is 22.7 Å². The number of aromatic nitrogens is 2. The lowest BCUT2D eigenvalue weighted by atomic mass is 10.2. The minimum absolute atomic E-state index is 0.165. The molecule has 0 saturated heterocycles. The number of fused-ring (bicyclic) bond motifs is 1. The average molecular weight is 304 g/mol. The lowest BCUT2D eigenvalue weighted by molar-refractivity contribution is 0.747. The van der Waals surface area contributed by atoms with Gasteiger partial charge in [0.1, 0.15) is 12.1 Å². The molecule has 0 saturated carbocycles. The SMILES string of the molecule is C[C@H](N)Cc1cc2ncnc(NCc3cccs3)c2s1. The maximum absolute atomic E-state index is 5.86. The van der Waals surface area contributed by atoms with E-state index >= 15 is 0 Å². The molecule has 3 aromatic heterocycles. The first kappa shape index (κ1) is 13.5. The molecule has 1 atom stereocenters. The van der Waals surface area contributed by atoms with E-state index in [-0.39, 0.29) is 6.04 Å². The van der Waals surface area contributed by atoms with Gasteiger partial charge in [0.25, 0.3) is 0 Å². The van der Waals surface area contributed by atoms with Gasteiger partial charge in [-0.3, -0.25) is 0 Å². The van der Waals surface area contributed by atoms with Crippen molar-refractivity contribution >= 4 is 38.7 Å². The Morgan fingerprint density at radius 2 is 2.25 bits per heavy atom. The molecule has 4 nitrogen and oxygen atoms in total. The van der Waals surface area contributed by atoms with Crippen LogP contribution in [0, 0.1) is 0 Å². The molecule has 20 heavy (non-hydrogen) atoms. The van der Waals surface area contributed by atoms with Gasteiger partial charge < -0.3 is 11.1 Å². The molecule has 0 aliphatic heterocycles. The Labute approximate surface area is 125 Å². The first-order valence-corrected chi connectivity index (χ1v) is 8.17. The third kappa shape index (κ3) is 2.98. The minimum atomic E-state index is 0.165. The number of anilines is 1. The van der Waals surface area contributed by atoms with Gasteiger partial charge in [-0.25, -0.2) is 9.97 Å². The minimum Gasteiger partial charge on any atom is -0.364 e. The molecule has 3 aromatic rings. The van der Waals surface area contributed by atoms with Crippen LogP contribution in [-0.2, 0) is 13.0 Å². The third-order valence-corrected chi connectivity index (χ3v) is 4.93. The molecule has 3 N–H and O–H groups in total. The molecule has 0 bridgehead atoms.